The van der Waals surface area contributed by atoms with Gasteiger partial charge in [0, 0.05) is 6.42 Å². The fourth-order valence-electron chi connectivity index (χ4n) is 9.28. The SMILES string of the molecule is CCCCCCCCCCCCCCCCC/C=C/CC/C=C/CC/C=C/C(O)C(COC1OC(CO)C(OC2OC(CO)C(OC3OC(CO)C(O)C(O)C3O)C(O)C2O)C(O)C1O)NC(=O)CCCCC. The zero-order valence-electron chi connectivity index (χ0n) is 43.9. The van der Waals surface area contributed by atoms with Crippen molar-refractivity contribution in [2.24, 2.45) is 0 Å². The van der Waals surface area contributed by atoms with E-state index in [1.165, 1.54) is 96.3 Å². The predicted octanol–water partition coefficient (Wildman–Crippen LogP) is 3.37. The minimum atomic E-state index is -1.98. The van der Waals surface area contributed by atoms with Gasteiger partial charge in [-0.3, -0.25) is 4.79 Å². The molecule has 0 aromatic rings. The summed E-state index contributed by atoms with van der Waals surface area (Å²) in [4.78, 5) is 12.9. The monoisotopic (exact) mass is 1050 g/mol. The van der Waals surface area contributed by atoms with Gasteiger partial charge in [0.05, 0.1) is 38.6 Å². The Morgan fingerprint density at radius 3 is 1.37 bits per heavy atom. The smallest absolute Gasteiger partial charge is 0.220 e. The number of rotatable bonds is 39. The van der Waals surface area contributed by atoms with Crippen molar-refractivity contribution in [3.63, 3.8) is 0 Å². The first-order valence-electron chi connectivity index (χ1n) is 27.7. The summed E-state index contributed by atoms with van der Waals surface area (Å²) >= 11 is 0. The van der Waals surface area contributed by atoms with E-state index < -0.39 is 124 Å². The number of amides is 1. The summed E-state index contributed by atoms with van der Waals surface area (Å²) in [6.45, 7) is 1.48. The lowest BCUT2D eigenvalue weighted by Gasteiger charge is -2.48. The van der Waals surface area contributed by atoms with Crippen molar-refractivity contribution in [3.8, 4) is 0 Å². The van der Waals surface area contributed by atoms with E-state index in [9.17, 15) is 61.0 Å². The summed E-state index contributed by atoms with van der Waals surface area (Å²) in [6, 6.07) is -0.989. The summed E-state index contributed by atoms with van der Waals surface area (Å²) in [5, 5.41) is 119. The molecule has 73 heavy (non-hydrogen) atoms. The molecule has 3 heterocycles. The van der Waals surface area contributed by atoms with Crippen LogP contribution in [0.25, 0.3) is 0 Å². The van der Waals surface area contributed by atoms with E-state index in [0.29, 0.717) is 12.8 Å². The van der Waals surface area contributed by atoms with Gasteiger partial charge in [-0.1, -0.05) is 153 Å². The number of nitrogens with one attached hydrogen (secondary N) is 1. The first-order valence-corrected chi connectivity index (χ1v) is 27.7. The highest BCUT2D eigenvalue weighted by molar-refractivity contribution is 5.76. The second-order valence-corrected chi connectivity index (χ2v) is 20.0. The zero-order valence-corrected chi connectivity index (χ0v) is 43.9. The van der Waals surface area contributed by atoms with Gasteiger partial charge in [-0.25, -0.2) is 0 Å². The van der Waals surface area contributed by atoms with Gasteiger partial charge in [-0.2, -0.15) is 0 Å². The fourth-order valence-corrected chi connectivity index (χ4v) is 9.28. The molecule has 0 spiro atoms. The van der Waals surface area contributed by atoms with E-state index >= 15 is 0 Å². The number of unbranched alkanes of at least 4 members (excludes halogenated alkanes) is 19. The number of carbonyl (C=O) groups excluding carboxylic acids is 1. The molecule has 0 saturated carbocycles. The second kappa shape index (κ2) is 38.5. The molecule has 0 aromatic heterocycles. The van der Waals surface area contributed by atoms with Crippen molar-refractivity contribution in [1.29, 1.82) is 0 Å². The number of carbonyl (C=O) groups is 1. The zero-order chi connectivity index (χ0) is 53.4. The summed E-state index contributed by atoms with van der Waals surface area (Å²) in [5.41, 5.74) is 0. The van der Waals surface area contributed by atoms with E-state index in [1.54, 1.807) is 6.08 Å². The average molecular weight is 1050 g/mol. The molecular weight excluding hydrogens is 951 g/mol. The van der Waals surface area contributed by atoms with Gasteiger partial charge in [0.25, 0.3) is 0 Å². The molecule has 3 aliphatic heterocycles. The van der Waals surface area contributed by atoms with E-state index in [-0.39, 0.29) is 18.9 Å². The third-order valence-corrected chi connectivity index (χ3v) is 13.9. The Hall–Kier alpha value is -1.99. The van der Waals surface area contributed by atoms with Crippen LogP contribution in [0.1, 0.15) is 168 Å². The molecule has 17 unspecified atom stereocenters. The minimum Gasteiger partial charge on any atom is -0.394 e. The highest BCUT2D eigenvalue weighted by atomic mass is 16.8. The largest absolute Gasteiger partial charge is 0.394 e. The number of allylic oxidation sites excluding steroid dienone is 5. The Labute approximate surface area is 434 Å². The maximum Gasteiger partial charge on any atom is 0.220 e. The van der Waals surface area contributed by atoms with Crippen LogP contribution < -0.4 is 5.32 Å². The lowest BCUT2D eigenvalue weighted by Crippen LogP contribution is -2.66. The molecule has 17 atom stereocenters. The van der Waals surface area contributed by atoms with E-state index in [0.717, 1.165) is 38.5 Å². The van der Waals surface area contributed by atoms with Crippen LogP contribution in [0.4, 0.5) is 0 Å². The van der Waals surface area contributed by atoms with E-state index in [1.807, 2.05) is 13.0 Å². The number of aliphatic hydroxyl groups excluding tert-OH is 11. The van der Waals surface area contributed by atoms with Gasteiger partial charge in [0.15, 0.2) is 18.9 Å². The minimum absolute atomic E-state index is 0.217. The number of aliphatic hydroxyl groups is 11. The number of hydrogen-bond donors (Lipinski definition) is 12. The van der Waals surface area contributed by atoms with Gasteiger partial charge in [-0.05, 0) is 44.9 Å². The Bertz CT molecular complexity index is 1490. The van der Waals surface area contributed by atoms with Gasteiger partial charge in [0.1, 0.15) is 73.2 Å². The van der Waals surface area contributed by atoms with Crippen LogP contribution in [0.5, 0.6) is 0 Å². The van der Waals surface area contributed by atoms with Crippen molar-refractivity contribution < 1.29 is 89.4 Å². The summed E-state index contributed by atoms with van der Waals surface area (Å²) in [5.74, 6) is -0.316. The Morgan fingerprint density at radius 2 is 0.877 bits per heavy atom. The topological polar surface area (TPSA) is 307 Å². The molecule has 3 saturated heterocycles. The van der Waals surface area contributed by atoms with Crippen molar-refractivity contribution in [2.75, 3.05) is 26.4 Å². The quantitative estimate of drug-likeness (QED) is 0.0310. The number of ether oxygens (including phenoxy) is 6. The third kappa shape index (κ3) is 23.7. The Morgan fingerprint density at radius 1 is 0.479 bits per heavy atom. The molecule has 3 rings (SSSR count). The van der Waals surface area contributed by atoms with Crippen LogP contribution >= 0.6 is 0 Å². The molecule has 1 amide bonds. The van der Waals surface area contributed by atoms with Gasteiger partial charge in [-0.15, -0.1) is 0 Å². The van der Waals surface area contributed by atoms with Crippen molar-refractivity contribution in [1.82, 2.24) is 5.32 Å². The summed E-state index contributed by atoms with van der Waals surface area (Å²) in [6.07, 6.45) is 12.8. The lowest BCUT2D eigenvalue weighted by atomic mass is 9.96. The normalized spacial score (nSPS) is 32.0. The van der Waals surface area contributed by atoms with Crippen LogP contribution in [0.3, 0.4) is 0 Å². The molecule has 3 aliphatic rings. The van der Waals surface area contributed by atoms with Crippen LogP contribution in [0.15, 0.2) is 36.5 Å². The first-order chi connectivity index (χ1) is 35.3. The average Bonchev–Trinajstić information content (AvgIpc) is 3.38. The molecule has 12 N–H and O–H groups in total. The summed E-state index contributed by atoms with van der Waals surface area (Å²) in [7, 11) is 0. The predicted molar refractivity (Wildman–Crippen MR) is 272 cm³/mol. The first kappa shape index (κ1) is 65.3. The van der Waals surface area contributed by atoms with Crippen LogP contribution in [0.2, 0.25) is 0 Å². The fraction of sp³-hybridized carbons (Fsp3) is 0.870. The number of hydrogen-bond acceptors (Lipinski definition) is 18. The van der Waals surface area contributed by atoms with Crippen molar-refractivity contribution >= 4 is 5.91 Å². The van der Waals surface area contributed by atoms with Crippen LogP contribution in [-0.4, -0.2) is 193 Å². The molecule has 0 aromatic carbocycles. The van der Waals surface area contributed by atoms with E-state index in [2.05, 4.69) is 36.5 Å². The van der Waals surface area contributed by atoms with Gasteiger partial charge in [0.2, 0.25) is 5.91 Å². The maximum atomic E-state index is 12.9. The third-order valence-electron chi connectivity index (χ3n) is 13.9. The molecule has 19 heteroatoms. The molecule has 0 bridgehead atoms. The second-order valence-electron chi connectivity index (χ2n) is 20.0. The molecular formula is C54H97NO18. The molecule has 426 valence electrons. The van der Waals surface area contributed by atoms with Gasteiger partial charge >= 0.3 is 0 Å². The maximum absolute atomic E-state index is 12.9. The van der Waals surface area contributed by atoms with Crippen molar-refractivity contribution in [3.05, 3.63) is 36.5 Å². The standard InChI is InChI=1S/C54H97NO18/c1-3-5-7-8-9-10-11-12-13-14-15-16-17-18-19-20-21-22-23-24-25-26-27-28-30-31-38(59)37(55-42(60)32-29-6-4-2)36-68-52-48(66)45(63)50(40(34-57)70-52)73-54-49(67)46(64)51(41(35-58)71-54)72-53-47(65)44(62)43(61)39(33-56)69-53/h21-22,25-26,30-31,37-41,43-54,56-59,61-67H,3-20,23-24,27-29,32-36H2,1-2H3,(H,55,60)/b22-21+,26-25+,31-30+. The van der Waals surface area contributed by atoms with E-state index in [4.69, 9.17) is 28.4 Å². The lowest BCUT2D eigenvalue weighted by molar-refractivity contribution is -0.379. The molecule has 0 radical (unpaired) electrons. The van der Waals surface area contributed by atoms with Crippen LogP contribution in [0, 0.1) is 0 Å². The highest BCUT2D eigenvalue weighted by Crippen LogP contribution is 2.33. The van der Waals surface area contributed by atoms with Gasteiger partial charge < -0.3 is 89.9 Å². The summed E-state index contributed by atoms with van der Waals surface area (Å²) < 4.78 is 33.9. The van der Waals surface area contributed by atoms with Crippen molar-refractivity contribution in [2.45, 2.75) is 272 Å². The molecule has 19 nitrogen and oxygen atoms in total. The van der Waals surface area contributed by atoms with Crippen LogP contribution in [-0.2, 0) is 33.2 Å². The molecule has 0 aliphatic carbocycles. The Balaban J connectivity index is 1.42. The Kier molecular flexibility index (Phi) is 34.5. The highest BCUT2D eigenvalue weighted by Gasteiger charge is 2.53. The molecule has 3 fully saturated rings.